The zero-order chi connectivity index (χ0) is 9.47. The van der Waals surface area contributed by atoms with E-state index in [4.69, 9.17) is 4.55 Å². The van der Waals surface area contributed by atoms with E-state index in [9.17, 15) is 8.42 Å². The van der Waals surface area contributed by atoms with E-state index >= 15 is 0 Å². The van der Waals surface area contributed by atoms with E-state index in [2.05, 4.69) is 0 Å². The van der Waals surface area contributed by atoms with Crippen molar-refractivity contribution in [3.05, 3.63) is 29.6 Å². The maximum absolute atomic E-state index is 10.9. The highest BCUT2D eigenvalue weighted by Crippen LogP contribution is 2.26. The average Bonchev–Trinajstić information content (AvgIpc) is 2.48. The summed E-state index contributed by atoms with van der Waals surface area (Å²) in [6.45, 7) is 0. The Morgan fingerprint density at radius 2 is 2.00 bits per heavy atom. The van der Waals surface area contributed by atoms with Crippen LogP contribution in [-0.4, -0.2) is 13.0 Å². The monoisotopic (exact) mass is 214 g/mol. The van der Waals surface area contributed by atoms with Crippen LogP contribution in [0.3, 0.4) is 0 Å². The molecule has 68 valence electrons. The lowest BCUT2D eigenvalue weighted by Crippen LogP contribution is -1.97. The Bertz CT molecular complexity index is 539. The predicted octanol–water partition coefficient (Wildman–Crippen LogP) is 2.15. The van der Waals surface area contributed by atoms with E-state index in [1.54, 1.807) is 17.5 Å². The minimum Gasteiger partial charge on any atom is -0.282 e. The van der Waals surface area contributed by atoms with Crippen LogP contribution in [0, 0.1) is 0 Å². The first-order chi connectivity index (χ1) is 6.09. The van der Waals surface area contributed by atoms with Gasteiger partial charge in [-0.2, -0.15) is 8.42 Å². The lowest BCUT2D eigenvalue weighted by atomic mass is 10.3. The molecule has 0 fully saturated rings. The molecule has 1 N–H and O–H groups in total. The molecule has 3 nitrogen and oxygen atoms in total. The summed E-state index contributed by atoms with van der Waals surface area (Å²) in [5.41, 5.74) is 0. The molecule has 0 unspecified atom stereocenters. The fourth-order valence-corrected chi connectivity index (χ4v) is 2.78. The molecule has 0 aliphatic rings. The summed E-state index contributed by atoms with van der Waals surface area (Å²) in [6.07, 6.45) is 0. The van der Waals surface area contributed by atoms with Gasteiger partial charge in [-0.25, -0.2) is 0 Å². The van der Waals surface area contributed by atoms with Crippen molar-refractivity contribution in [3.63, 3.8) is 0 Å². The first-order valence-corrected chi connectivity index (χ1v) is 5.85. The normalized spacial score (nSPS) is 12.1. The number of hydrogen-bond donors (Lipinski definition) is 1. The van der Waals surface area contributed by atoms with Crippen LogP contribution in [0.25, 0.3) is 10.1 Å². The number of rotatable bonds is 1. The molecule has 13 heavy (non-hydrogen) atoms. The molecule has 0 aliphatic heterocycles. The lowest BCUT2D eigenvalue weighted by molar-refractivity contribution is 0.484. The van der Waals surface area contributed by atoms with Crippen molar-refractivity contribution < 1.29 is 13.0 Å². The van der Waals surface area contributed by atoms with E-state index in [-0.39, 0.29) is 4.90 Å². The number of thiophene rings is 1. The third-order valence-corrected chi connectivity index (χ3v) is 3.53. The van der Waals surface area contributed by atoms with Crippen LogP contribution < -0.4 is 0 Å². The molecular weight excluding hydrogens is 208 g/mol. The molecule has 2 aromatic rings. The van der Waals surface area contributed by atoms with Crippen molar-refractivity contribution in [1.29, 1.82) is 0 Å². The maximum atomic E-state index is 10.9. The van der Waals surface area contributed by atoms with Gasteiger partial charge in [-0.1, -0.05) is 6.07 Å². The summed E-state index contributed by atoms with van der Waals surface area (Å²) >= 11 is 1.44. The van der Waals surface area contributed by atoms with Gasteiger partial charge in [0.05, 0.1) is 0 Å². The predicted molar refractivity (Wildman–Crippen MR) is 51.6 cm³/mol. The lowest BCUT2D eigenvalue weighted by Gasteiger charge is -1.97. The van der Waals surface area contributed by atoms with E-state index < -0.39 is 10.1 Å². The van der Waals surface area contributed by atoms with E-state index in [0.29, 0.717) is 5.39 Å². The van der Waals surface area contributed by atoms with Crippen LogP contribution in [0.15, 0.2) is 34.5 Å². The summed E-state index contributed by atoms with van der Waals surface area (Å²) in [5, 5.41) is 2.37. The number of fused-ring (bicyclic) bond motifs is 1. The molecule has 0 atom stereocenters. The van der Waals surface area contributed by atoms with Gasteiger partial charge in [-0.15, -0.1) is 11.3 Å². The van der Waals surface area contributed by atoms with E-state index in [1.165, 1.54) is 17.4 Å². The molecule has 1 heterocycles. The second-order valence-corrected chi connectivity index (χ2v) is 4.90. The van der Waals surface area contributed by atoms with Crippen molar-refractivity contribution in [2.24, 2.45) is 0 Å². The highest BCUT2D eigenvalue weighted by Gasteiger charge is 2.13. The van der Waals surface area contributed by atoms with Crippen LogP contribution in [0.1, 0.15) is 0 Å². The Hall–Kier alpha value is -0.910. The molecule has 1 aromatic heterocycles. The summed E-state index contributed by atoms with van der Waals surface area (Å²) in [6, 6.07) is 6.50. The SMILES string of the molecule is O=S(=O)(O)c1cccc2sccc12. The van der Waals surface area contributed by atoms with Gasteiger partial charge in [-0.05, 0) is 23.6 Å². The molecular formula is C8H6O3S2. The Kier molecular flexibility index (Phi) is 1.87. The third-order valence-electron chi connectivity index (χ3n) is 1.73. The van der Waals surface area contributed by atoms with Gasteiger partial charge in [0, 0.05) is 10.1 Å². The molecule has 0 bridgehead atoms. The van der Waals surface area contributed by atoms with Gasteiger partial charge >= 0.3 is 0 Å². The van der Waals surface area contributed by atoms with Crippen molar-refractivity contribution in [1.82, 2.24) is 0 Å². The second kappa shape index (κ2) is 2.80. The van der Waals surface area contributed by atoms with Gasteiger partial charge in [0.15, 0.2) is 0 Å². The molecule has 0 saturated carbocycles. The Balaban J connectivity index is 2.91. The minimum absolute atomic E-state index is 0.0220. The van der Waals surface area contributed by atoms with Crippen molar-refractivity contribution in [3.8, 4) is 0 Å². The first kappa shape index (κ1) is 8.68. The molecule has 0 amide bonds. The van der Waals surface area contributed by atoms with Crippen molar-refractivity contribution in [2.45, 2.75) is 4.90 Å². The number of hydrogen-bond acceptors (Lipinski definition) is 3. The van der Waals surface area contributed by atoms with E-state index in [1.807, 2.05) is 6.07 Å². The highest BCUT2D eigenvalue weighted by atomic mass is 32.2. The minimum atomic E-state index is -4.09. The fraction of sp³-hybridized carbons (Fsp3) is 0. The standard InChI is InChI=1S/C8H6O3S2/c9-13(10,11)8-3-1-2-7-6(8)4-5-12-7/h1-5H,(H,9,10,11). The van der Waals surface area contributed by atoms with Crippen LogP contribution in [0.5, 0.6) is 0 Å². The molecule has 0 aliphatic carbocycles. The van der Waals surface area contributed by atoms with Crippen LogP contribution in [0.2, 0.25) is 0 Å². The highest BCUT2D eigenvalue weighted by molar-refractivity contribution is 7.86. The van der Waals surface area contributed by atoms with Gasteiger partial charge in [0.2, 0.25) is 0 Å². The third kappa shape index (κ3) is 1.46. The maximum Gasteiger partial charge on any atom is 0.295 e. The van der Waals surface area contributed by atoms with Gasteiger partial charge < -0.3 is 0 Å². The Morgan fingerprint density at radius 1 is 1.23 bits per heavy atom. The molecule has 1 aromatic carbocycles. The molecule has 0 saturated heterocycles. The average molecular weight is 214 g/mol. The van der Waals surface area contributed by atoms with Gasteiger partial charge in [0.1, 0.15) is 4.90 Å². The largest absolute Gasteiger partial charge is 0.295 e. The van der Waals surface area contributed by atoms with Crippen molar-refractivity contribution >= 4 is 31.5 Å². The zero-order valence-electron chi connectivity index (χ0n) is 6.47. The van der Waals surface area contributed by atoms with Crippen LogP contribution in [0.4, 0.5) is 0 Å². The summed E-state index contributed by atoms with van der Waals surface area (Å²) in [7, 11) is -4.09. The summed E-state index contributed by atoms with van der Waals surface area (Å²) < 4.78 is 31.5. The van der Waals surface area contributed by atoms with Crippen molar-refractivity contribution in [2.75, 3.05) is 0 Å². The van der Waals surface area contributed by atoms with Crippen LogP contribution in [-0.2, 0) is 10.1 Å². The first-order valence-electron chi connectivity index (χ1n) is 3.53. The van der Waals surface area contributed by atoms with Crippen LogP contribution >= 0.6 is 11.3 Å². The summed E-state index contributed by atoms with van der Waals surface area (Å²) in [5.74, 6) is 0. The number of benzene rings is 1. The zero-order valence-corrected chi connectivity index (χ0v) is 8.10. The van der Waals surface area contributed by atoms with E-state index in [0.717, 1.165) is 4.70 Å². The smallest absolute Gasteiger partial charge is 0.282 e. The van der Waals surface area contributed by atoms with Gasteiger partial charge in [0.25, 0.3) is 10.1 Å². The van der Waals surface area contributed by atoms with Gasteiger partial charge in [-0.3, -0.25) is 4.55 Å². The molecule has 5 heteroatoms. The fourth-order valence-electron chi connectivity index (χ4n) is 1.19. The quantitative estimate of drug-likeness (QED) is 0.740. The topological polar surface area (TPSA) is 54.4 Å². The Labute approximate surface area is 79.4 Å². The second-order valence-electron chi connectivity index (χ2n) is 2.56. The molecule has 2 rings (SSSR count). The Morgan fingerprint density at radius 3 is 2.69 bits per heavy atom. The molecule has 0 radical (unpaired) electrons. The molecule has 0 spiro atoms. The summed E-state index contributed by atoms with van der Waals surface area (Å²) in [4.78, 5) is -0.0220.